The van der Waals surface area contributed by atoms with Gasteiger partial charge < -0.3 is 10.3 Å². The third-order valence-electron chi connectivity index (χ3n) is 3.61. The lowest BCUT2D eigenvalue weighted by molar-refractivity contribution is -0.125. The van der Waals surface area contributed by atoms with Crippen LogP contribution in [0.5, 0.6) is 0 Å². The molecule has 0 bridgehead atoms. The summed E-state index contributed by atoms with van der Waals surface area (Å²) in [5.41, 5.74) is 6.84. The maximum atomic E-state index is 12.2. The lowest BCUT2D eigenvalue weighted by Crippen LogP contribution is -2.41. The summed E-state index contributed by atoms with van der Waals surface area (Å²) in [7, 11) is 0. The van der Waals surface area contributed by atoms with E-state index < -0.39 is 5.41 Å². The Morgan fingerprint density at radius 2 is 2.00 bits per heavy atom. The molecule has 17 heavy (non-hydrogen) atoms. The van der Waals surface area contributed by atoms with Crippen LogP contribution in [0.25, 0.3) is 0 Å². The van der Waals surface area contributed by atoms with Crippen LogP contribution in [-0.4, -0.2) is 17.6 Å². The van der Waals surface area contributed by atoms with E-state index in [0.717, 1.165) is 11.3 Å². The van der Waals surface area contributed by atoms with Gasteiger partial charge >= 0.3 is 0 Å². The molecule has 0 aliphatic heterocycles. The quantitative estimate of drug-likeness (QED) is 0.823. The van der Waals surface area contributed by atoms with Gasteiger partial charge in [-0.3, -0.25) is 10.1 Å². The number of amides is 1. The van der Waals surface area contributed by atoms with E-state index in [2.05, 4.69) is 10.5 Å². The summed E-state index contributed by atoms with van der Waals surface area (Å²) in [6.07, 6.45) is 1.41. The van der Waals surface area contributed by atoms with Gasteiger partial charge in [0.2, 0.25) is 11.8 Å². The molecule has 1 amide bonds. The zero-order chi connectivity index (χ0) is 13.1. The average molecular weight is 239 g/mol. The Morgan fingerprint density at radius 1 is 1.41 bits per heavy atom. The number of nitrogens with one attached hydrogen (secondary N) is 1. The van der Waals surface area contributed by atoms with E-state index in [1.54, 1.807) is 0 Å². The van der Waals surface area contributed by atoms with Gasteiger partial charge in [0.25, 0.3) is 0 Å². The van der Waals surface area contributed by atoms with Crippen molar-refractivity contribution in [2.45, 2.75) is 40.5 Å². The number of anilines is 1. The first-order valence-electron chi connectivity index (χ1n) is 5.95. The maximum Gasteiger partial charge on any atom is 0.234 e. The van der Waals surface area contributed by atoms with E-state index in [0.29, 0.717) is 25.3 Å². The van der Waals surface area contributed by atoms with Gasteiger partial charge in [0, 0.05) is 12.1 Å². The third-order valence-corrected chi connectivity index (χ3v) is 3.61. The Hall–Kier alpha value is -1.36. The monoisotopic (exact) mass is 239 g/mol. The Kier molecular flexibility index (Phi) is 4.28. The summed E-state index contributed by atoms with van der Waals surface area (Å²) in [5.74, 6) is 0.330. The van der Waals surface area contributed by atoms with Gasteiger partial charge in [-0.1, -0.05) is 19.0 Å². The van der Waals surface area contributed by atoms with Crippen LogP contribution in [-0.2, 0) is 4.79 Å². The molecule has 0 spiro atoms. The zero-order valence-electron chi connectivity index (χ0n) is 11.0. The normalized spacial score (nSPS) is 11.6. The Balaban J connectivity index is 2.88. The summed E-state index contributed by atoms with van der Waals surface area (Å²) >= 11 is 0. The van der Waals surface area contributed by atoms with Gasteiger partial charge in [-0.15, -0.1) is 0 Å². The smallest absolute Gasteiger partial charge is 0.234 e. The molecule has 1 aromatic rings. The molecule has 96 valence electrons. The molecule has 0 aliphatic carbocycles. The molecule has 0 saturated carbocycles. The Labute approximate surface area is 102 Å². The van der Waals surface area contributed by atoms with E-state index in [4.69, 9.17) is 10.3 Å². The van der Waals surface area contributed by atoms with Crippen LogP contribution in [0.15, 0.2) is 4.52 Å². The van der Waals surface area contributed by atoms with Crippen LogP contribution in [0.1, 0.15) is 37.9 Å². The molecular formula is C12H21N3O2. The van der Waals surface area contributed by atoms with Gasteiger partial charge in [0.15, 0.2) is 0 Å². The molecule has 0 fully saturated rings. The fourth-order valence-electron chi connectivity index (χ4n) is 1.72. The number of nitrogens with zero attached hydrogens (tertiary/aromatic N) is 1. The van der Waals surface area contributed by atoms with Crippen molar-refractivity contribution in [2.24, 2.45) is 11.1 Å². The molecule has 0 unspecified atom stereocenters. The lowest BCUT2D eigenvalue weighted by atomic mass is 9.81. The summed E-state index contributed by atoms with van der Waals surface area (Å²) < 4.78 is 5.07. The number of aryl methyl sites for hydroxylation is 1. The number of aromatic nitrogens is 1. The minimum atomic E-state index is -0.521. The van der Waals surface area contributed by atoms with Crippen LogP contribution in [0, 0.1) is 19.3 Å². The highest BCUT2D eigenvalue weighted by atomic mass is 16.5. The highest BCUT2D eigenvalue weighted by molar-refractivity contribution is 5.94. The van der Waals surface area contributed by atoms with Gasteiger partial charge in [-0.2, -0.15) is 0 Å². The standard InChI is InChI=1S/C12H21N3O2/c1-5-12(6-2,7-13)11(16)14-10-8(3)9(4)15-17-10/h5-7,13H2,1-4H3,(H,14,16). The molecule has 0 atom stereocenters. The minimum Gasteiger partial charge on any atom is -0.338 e. The molecule has 0 aromatic carbocycles. The molecule has 5 nitrogen and oxygen atoms in total. The predicted octanol–water partition coefficient (Wildman–Crippen LogP) is 2.00. The molecule has 1 aromatic heterocycles. The van der Waals surface area contributed by atoms with Crippen LogP contribution >= 0.6 is 0 Å². The van der Waals surface area contributed by atoms with Crippen molar-refractivity contribution in [1.29, 1.82) is 0 Å². The Bertz CT molecular complexity index is 386. The molecule has 3 N–H and O–H groups in total. The van der Waals surface area contributed by atoms with Crippen LogP contribution in [0.3, 0.4) is 0 Å². The highest BCUT2D eigenvalue weighted by Crippen LogP contribution is 2.28. The zero-order valence-corrected chi connectivity index (χ0v) is 11.0. The van der Waals surface area contributed by atoms with Crippen molar-refractivity contribution in [1.82, 2.24) is 5.16 Å². The van der Waals surface area contributed by atoms with Crippen molar-refractivity contribution >= 4 is 11.8 Å². The SMILES string of the molecule is CCC(CC)(CN)C(=O)Nc1onc(C)c1C. The van der Waals surface area contributed by atoms with Crippen LogP contribution in [0.4, 0.5) is 5.88 Å². The van der Waals surface area contributed by atoms with E-state index in [-0.39, 0.29) is 5.91 Å². The van der Waals surface area contributed by atoms with Crippen molar-refractivity contribution in [3.63, 3.8) is 0 Å². The molecule has 1 rings (SSSR count). The van der Waals surface area contributed by atoms with Crippen LogP contribution in [0.2, 0.25) is 0 Å². The molecular weight excluding hydrogens is 218 g/mol. The summed E-state index contributed by atoms with van der Waals surface area (Å²) in [4.78, 5) is 12.2. The second kappa shape index (κ2) is 5.31. The van der Waals surface area contributed by atoms with Gasteiger partial charge in [-0.05, 0) is 26.7 Å². The first kappa shape index (κ1) is 13.7. The van der Waals surface area contributed by atoms with Crippen molar-refractivity contribution in [3.05, 3.63) is 11.3 Å². The highest BCUT2D eigenvalue weighted by Gasteiger charge is 2.34. The largest absolute Gasteiger partial charge is 0.338 e. The fourth-order valence-corrected chi connectivity index (χ4v) is 1.72. The minimum absolute atomic E-state index is 0.0933. The van der Waals surface area contributed by atoms with E-state index in [1.807, 2.05) is 27.7 Å². The van der Waals surface area contributed by atoms with E-state index in [9.17, 15) is 4.79 Å². The summed E-state index contributed by atoms with van der Waals surface area (Å²) in [6.45, 7) is 7.97. The van der Waals surface area contributed by atoms with Gasteiger partial charge in [0.05, 0.1) is 11.1 Å². The van der Waals surface area contributed by atoms with E-state index >= 15 is 0 Å². The number of carbonyl (C=O) groups is 1. The number of carbonyl (C=O) groups excluding carboxylic acids is 1. The molecule has 0 aliphatic rings. The van der Waals surface area contributed by atoms with Gasteiger partial charge in [0.1, 0.15) is 0 Å². The maximum absolute atomic E-state index is 12.2. The summed E-state index contributed by atoms with van der Waals surface area (Å²) in [6, 6.07) is 0. The van der Waals surface area contributed by atoms with Crippen molar-refractivity contribution in [3.8, 4) is 0 Å². The van der Waals surface area contributed by atoms with Crippen molar-refractivity contribution in [2.75, 3.05) is 11.9 Å². The molecule has 5 heteroatoms. The first-order chi connectivity index (χ1) is 8.00. The molecule has 0 radical (unpaired) electrons. The first-order valence-corrected chi connectivity index (χ1v) is 5.95. The Morgan fingerprint density at radius 3 is 2.35 bits per heavy atom. The third kappa shape index (κ3) is 2.49. The number of nitrogens with two attached hydrogens (primary N) is 1. The summed E-state index contributed by atoms with van der Waals surface area (Å²) in [5, 5.41) is 6.58. The number of hydrogen-bond donors (Lipinski definition) is 2. The molecule has 1 heterocycles. The van der Waals surface area contributed by atoms with Crippen molar-refractivity contribution < 1.29 is 9.32 Å². The average Bonchev–Trinajstić information content (AvgIpc) is 2.64. The van der Waals surface area contributed by atoms with Crippen LogP contribution < -0.4 is 11.1 Å². The lowest BCUT2D eigenvalue weighted by Gasteiger charge is -2.27. The molecule has 0 saturated heterocycles. The number of rotatable bonds is 5. The topological polar surface area (TPSA) is 81.2 Å². The second-order valence-corrected chi connectivity index (χ2v) is 4.37. The number of hydrogen-bond acceptors (Lipinski definition) is 4. The second-order valence-electron chi connectivity index (χ2n) is 4.37. The van der Waals surface area contributed by atoms with Gasteiger partial charge in [-0.25, -0.2) is 0 Å². The predicted molar refractivity (Wildman–Crippen MR) is 66.7 cm³/mol. The fraction of sp³-hybridized carbons (Fsp3) is 0.667. The van der Waals surface area contributed by atoms with E-state index in [1.165, 1.54) is 0 Å².